The highest BCUT2D eigenvalue weighted by atomic mass is 127. The van der Waals surface area contributed by atoms with Crippen molar-refractivity contribution in [3.8, 4) is 0 Å². The molecule has 0 radical (unpaired) electrons. The molecule has 0 amide bonds. The van der Waals surface area contributed by atoms with Crippen LogP contribution in [-0.2, 0) is 0 Å². The quantitative estimate of drug-likeness (QED) is 0.542. The Balaban J connectivity index is 3.03. The van der Waals surface area contributed by atoms with Crippen LogP contribution in [0.5, 0.6) is 0 Å². The molecule has 0 aliphatic rings. The van der Waals surface area contributed by atoms with Crippen LogP contribution in [0.15, 0.2) is 7.66 Å². The van der Waals surface area contributed by atoms with E-state index in [2.05, 4.69) is 58.2 Å². The Morgan fingerprint density at radius 3 is 2.50 bits per heavy atom. The van der Waals surface area contributed by atoms with Crippen molar-refractivity contribution in [2.24, 2.45) is 0 Å². The average molecular weight is 336 g/mol. The molecule has 0 saturated carbocycles. The molecule has 0 atom stereocenters. The van der Waals surface area contributed by atoms with Gasteiger partial charge in [0, 0.05) is 1.59 Å². The van der Waals surface area contributed by atoms with Crippen molar-refractivity contribution in [3.63, 3.8) is 0 Å². The molecule has 0 nitrogen and oxygen atoms in total. The Kier molecular flexibility index (Phi) is 7.27. The maximum atomic E-state index is 2.33. The molecule has 0 unspecified atom stereocenters. The monoisotopic (exact) mass is 336 g/mol. The van der Waals surface area contributed by atoms with E-state index in [0.717, 1.165) is 0 Å². The van der Waals surface area contributed by atoms with Gasteiger partial charge in [-0.2, -0.15) is 0 Å². The number of rotatable bonds is 3. The standard InChI is InChI=1S/C6H10I2/c1-2-3-4-5-6(7)8/h5H,2-4H2,1H3. The second-order valence-electron chi connectivity index (χ2n) is 1.64. The number of halogens is 2. The van der Waals surface area contributed by atoms with Gasteiger partial charge < -0.3 is 0 Å². The third-order valence-electron chi connectivity index (χ3n) is 0.856. The Bertz CT molecular complexity index is 72.6. The molecule has 0 aromatic carbocycles. The van der Waals surface area contributed by atoms with Crippen molar-refractivity contribution in [3.05, 3.63) is 7.66 Å². The zero-order valence-corrected chi connectivity index (χ0v) is 9.27. The molecular formula is C6H10I2. The van der Waals surface area contributed by atoms with Crippen LogP contribution in [-0.4, -0.2) is 0 Å². The molecule has 0 bridgehead atoms. The molecule has 0 fully saturated rings. The van der Waals surface area contributed by atoms with E-state index in [4.69, 9.17) is 0 Å². The van der Waals surface area contributed by atoms with Crippen LogP contribution in [0.25, 0.3) is 0 Å². The minimum atomic E-state index is 1.25. The van der Waals surface area contributed by atoms with Gasteiger partial charge in [0.05, 0.1) is 0 Å². The van der Waals surface area contributed by atoms with E-state index in [1.807, 2.05) is 0 Å². The summed E-state index contributed by atoms with van der Waals surface area (Å²) in [6.07, 6.45) is 6.15. The molecule has 8 heavy (non-hydrogen) atoms. The first-order chi connectivity index (χ1) is 3.77. The first-order valence-corrected chi connectivity index (χ1v) is 4.94. The van der Waals surface area contributed by atoms with Crippen molar-refractivity contribution >= 4 is 45.2 Å². The predicted octanol–water partition coefficient (Wildman–Crippen LogP) is 3.89. The maximum Gasteiger partial charge on any atom is 0.0474 e. The molecule has 0 rings (SSSR count). The van der Waals surface area contributed by atoms with Gasteiger partial charge in [-0.25, -0.2) is 0 Å². The number of hydrogen-bond acceptors (Lipinski definition) is 0. The molecule has 0 saturated heterocycles. The molecule has 0 heterocycles. The number of allylic oxidation sites excluding steroid dienone is 1. The van der Waals surface area contributed by atoms with Crippen LogP contribution in [0.3, 0.4) is 0 Å². The van der Waals surface area contributed by atoms with Crippen molar-refractivity contribution in [2.45, 2.75) is 26.2 Å². The first-order valence-electron chi connectivity index (χ1n) is 2.78. The van der Waals surface area contributed by atoms with Crippen LogP contribution in [0.1, 0.15) is 26.2 Å². The highest BCUT2D eigenvalue weighted by Gasteiger charge is 1.80. The van der Waals surface area contributed by atoms with E-state index in [9.17, 15) is 0 Å². The Hall–Kier alpha value is 1.20. The zero-order valence-electron chi connectivity index (χ0n) is 4.95. The topological polar surface area (TPSA) is 0 Å². The van der Waals surface area contributed by atoms with Gasteiger partial charge in [-0.15, -0.1) is 0 Å². The third kappa shape index (κ3) is 7.20. The van der Waals surface area contributed by atoms with Crippen LogP contribution in [0.4, 0.5) is 0 Å². The fraction of sp³-hybridized carbons (Fsp3) is 0.667. The fourth-order valence-electron chi connectivity index (χ4n) is 0.415. The maximum absolute atomic E-state index is 2.33. The largest absolute Gasteiger partial charge is 0.0654 e. The molecule has 2 heteroatoms. The Morgan fingerprint density at radius 2 is 2.12 bits per heavy atom. The minimum Gasteiger partial charge on any atom is -0.0654 e. The van der Waals surface area contributed by atoms with Gasteiger partial charge in [0.1, 0.15) is 0 Å². The van der Waals surface area contributed by atoms with Gasteiger partial charge in [-0.05, 0) is 51.6 Å². The van der Waals surface area contributed by atoms with Crippen molar-refractivity contribution in [1.29, 1.82) is 0 Å². The van der Waals surface area contributed by atoms with Crippen molar-refractivity contribution < 1.29 is 0 Å². The smallest absolute Gasteiger partial charge is 0.0474 e. The van der Waals surface area contributed by atoms with Gasteiger partial charge in [0.15, 0.2) is 0 Å². The SMILES string of the molecule is CCCCC=C(I)I. The molecule has 0 N–H and O–H groups in total. The number of hydrogen-bond donors (Lipinski definition) is 0. The van der Waals surface area contributed by atoms with E-state index < -0.39 is 0 Å². The molecule has 0 aliphatic carbocycles. The molecule has 0 aromatic heterocycles. The predicted molar refractivity (Wildman–Crippen MR) is 55.6 cm³/mol. The Morgan fingerprint density at radius 1 is 1.50 bits per heavy atom. The van der Waals surface area contributed by atoms with E-state index >= 15 is 0 Å². The van der Waals surface area contributed by atoms with E-state index in [-0.39, 0.29) is 0 Å². The number of unbranched alkanes of at least 4 members (excludes halogenated alkanes) is 2. The Labute approximate surface area is 78.4 Å². The summed E-state index contributed by atoms with van der Waals surface area (Å²) in [4.78, 5) is 0. The van der Waals surface area contributed by atoms with Gasteiger partial charge in [-0.1, -0.05) is 25.8 Å². The fourth-order valence-corrected chi connectivity index (χ4v) is 1.04. The van der Waals surface area contributed by atoms with Crippen molar-refractivity contribution in [2.75, 3.05) is 0 Å². The molecule has 0 aliphatic heterocycles. The molecule has 0 spiro atoms. The van der Waals surface area contributed by atoms with Crippen LogP contribution >= 0.6 is 45.2 Å². The lowest BCUT2D eigenvalue weighted by molar-refractivity contribution is 0.815. The zero-order chi connectivity index (χ0) is 6.41. The lowest BCUT2D eigenvalue weighted by Gasteiger charge is -1.86. The summed E-state index contributed by atoms with van der Waals surface area (Å²) in [5.41, 5.74) is 0. The molecular weight excluding hydrogens is 326 g/mol. The van der Waals surface area contributed by atoms with Crippen LogP contribution < -0.4 is 0 Å². The highest BCUT2D eigenvalue weighted by Crippen LogP contribution is 2.15. The molecule has 48 valence electrons. The highest BCUT2D eigenvalue weighted by molar-refractivity contribution is 14.2. The summed E-state index contributed by atoms with van der Waals surface area (Å²) < 4.78 is 1.38. The summed E-state index contributed by atoms with van der Waals surface area (Å²) in [7, 11) is 0. The van der Waals surface area contributed by atoms with Crippen LogP contribution in [0, 0.1) is 0 Å². The van der Waals surface area contributed by atoms with Crippen molar-refractivity contribution in [1.82, 2.24) is 0 Å². The first kappa shape index (κ1) is 9.20. The summed E-state index contributed by atoms with van der Waals surface area (Å²) in [6.45, 7) is 2.22. The van der Waals surface area contributed by atoms with E-state index in [1.165, 1.54) is 20.8 Å². The van der Waals surface area contributed by atoms with E-state index in [0.29, 0.717) is 0 Å². The van der Waals surface area contributed by atoms with Gasteiger partial charge in [-0.3, -0.25) is 0 Å². The lowest BCUT2D eigenvalue weighted by atomic mass is 10.3. The summed E-state index contributed by atoms with van der Waals surface area (Å²) in [6, 6.07) is 0. The third-order valence-corrected chi connectivity index (χ3v) is 1.74. The minimum absolute atomic E-state index is 1.25. The van der Waals surface area contributed by atoms with Gasteiger partial charge >= 0.3 is 0 Å². The summed E-state index contributed by atoms with van der Waals surface area (Å²) >= 11 is 4.66. The normalized spacial score (nSPS) is 8.88. The average Bonchev–Trinajstić information content (AvgIpc) is 1.66. The van der Waals surface area contributed by atoms with E-state index in [1.54, 1.807) is 0 Å². The molecule has 0 aromatic rings. The summed E-state index contributed by atoms with van der Waals surface area (Å²) in [5.74, 6) is 0. The second kappa shape index (κ2) is 6.32. The summed E-state index contributed by atoms with van der Waals surface area (Å²) in [5, 5.41) is 0. The second-order valence-corrected chi connectivity index (χ2v) is 6.02. The lowest BCUT2D eigenvalue weighted by Crippen LogP contribution is -1.64. The van der Waals surface area contributed by atoms with Gasteiger partial charge in [0.2, 0.25) is 0 Å². The van der Waals surface area contributed by atoms with Gasteiger partial charge in [0.25, 0.3) is 0 Å². The van der Waals surface area contributed by atoms with Crippen LogP contribution in [0.2, 0.25) is 0 Å².